The van der Waals surface area contributed by atoms with Crippen LogP contribution in [0.15, 0.2) is 36.7 Å². The number of benzene rings is 1. The molecule has 0 atom stereocenters. The van der Waals surface area contributed by atoms with Crippen LogP contribution < -0.4 is 10.6 Å². The van der Waals surface area contributed by atoms with Crippen LogP contribution in [-0.2, 0) is 17.8 Å². The summed E-state index contributed by atoms with van der Waals surface area (Å²) in [5.41, 5.74) is 1.42. The first-order chi connectivity index (χ1) is 11.8. The van der Waals surface area contributed by atoms with Crippen LogP contribution in [0.3, 0.4) is 0 Å². The third kappa shape index (κ3) is 6.04. The van der Waals surface area contributed by atoms with E-state index in [0.717, 1.165) is 12.0 Å². The summed E-state index contributed by atoms with van der Waals surface area (Å²) in [6.45, 7) is 3.65. The van der Waals surface area contributed by atoms with Crippen molar-refractivity contribution >= 4 is 17.5 Å². The second kappa shape index (κ2) is 7.94. The molecule has 7 nitrogen and oxygen atoms in total. The van der Waals surface area contributed by atoms with Gasteiger partial charge >= 0.3 is 0 Å². The molecule has 2 aromatic rings. The number of amides is 2. The number of aryl methyl sites for hydroxylation is 1. The molecule has 3 N–H and O–H groups in total. The Morgan fingerprint density at radius 1 is 1.24 bits per heavy atom. The predicted octanol–water partition coefficient (Wildman–Crippen LogP) is 1.58. The van der Waals surface area contributed by atoms with Gasteiger partial charge in [0.05, 0.1) is 17.5 Å². The fourth-order valence-corrected chi connectivity index (χ4v) is 2.22. The number of hydrogen-bond acceptors (Lipinski definition) is 4. The van der Waals surface area contributed by atoms with Crippen LogP contribution in [-0.4, -0.2) is 39.4 Å². The number of carbonyl (C=O) groups is 2. The second-order valence-corrected chi connectivity index (χ2v) is 6.56. The number of nitrogens with zero attached hydrogens (tertiary/aromatic N) is 2. The number of hydrogen-bond donors (Lipinski definition) is 3. The van der Waals surface area contributed by atoms with Gasteiger partial charge in [-0.15, -0.1) is 0 Å². The highest BCUT2D eigenvalue weighted by Crippen LogP contribution is 2.15. The number of anilines is 1. The molecule has 7 heteroatoms. The summed E-state index contributed by atoms with van der Waals surface area (Å²) in [5.74, 6) is -0.406. The molecular weight excluding hydrogens is 320 g/mol. The Morgan fingerprint density at radius 2 is 1.92 bits per heavy atom. The summed E-state index contributed by atoms with van der Waals surface area (Å²) in [6, 6.07) is 7.28. The van der Waals surface area contributed by atoms with E-state index in [4.69, 9.17) is 0 Å². The first kappa shape index (κ1) is 18.7. The molecule has 1 aromatic heterocycles. The summed E-state index contributed by atoms with van der Waals surface area (Å²) < 4.78 is 1.45. The molecule has 0 bridgehead atoms. The average molecular weight is 344 g/mol. The maximum Gasteiger partial charge on any atom is 0.255 e. The van der Waals surface area contributed by atoms with Crippen LogP contribution in [0.4, 0.5) is 5.69 Å². The summed E-state index contributed by atoms with van der Waals surface area (Å²) in [4.78, 5) is 23.6. The monoisotopic (exact) mass is 344 g/mol. The fourth-order valence-electron chi connectivity index (χ4n) is 2.22. The lowest BCUT2D eigenvalue weighted by atomic mass is 9.98. The topological polar surface area (TPSA) is 96.2 Å². The highest BCUT2D eigenvalue weighted by molar-refractivity contribution is 6.04. The molecule has 0 radical (unpaired) electrons. The minimum Gasteiger partial charge on any atom is -0.390 e. The zero-order chi connectivity index (χ0) is 18.4. The molecule has 1 heterocycles. The van der Waals surface area contributed by atoms with E-state index >= 15 is 0 Å². The highest BCUT2D eigenvalue weighted by atomic mass is 16.3. The van der Waals surface area contributed by atoms with E-state index in [1.807, 2.05) is 12.1 Å². The number of carbonyl (C=O) groups excluding carboxylic acids is 2. The molecule has 0 saturated heterocycles. The van der Waals surface area contributed by atoms with Gasteiger partial charge in [0, 0.05) is 18.8 Å². The van der Waals surface area contributed by atoms with E-state index in [9.17, 15) is 14.7 Å². The zero-order valence-corrected chi connectivity index (χ0v) is 14.7. The van der Waals surface area contributed by atoms with Gasteiger partial charge in [-0.3, -0.25) is 14.3 Å². The number of aromatic nitrogens is 2. The van der Waals surface area contributed by atoms with Crippen LogP contribution in [0.2, 0.25) is 0 Å². The van der Waals surface area contributed by atoms with E-state index in [-0.39, 0.29) is 18.4 Å². The van der Waals surface area contributed by atoms with Crippen molar-refractivity contribution in [3.05, 3.63) is 47.8 Å². The lowest BCUT2D eigenvalue weighted by Gasteiger charge is -2.16. The van der Waals surface area contributed by atoms with Crippen molar-refractivity contribution in [1.82, 2.24) is 15.1 Å². The largest absolute Gasteiger partial charge is 0.390 e. The van der Waals surface area contributed by atoms with Gasteiger partial charge < -0.3 is 15.7 Å². The van der Waals surface area contributed by atoms with E-state index in [1.54, 1.807) is 39.2 Å². The van der Waals surface area contributed by atoms with Gasteiger partial charge in [0.25, 0.3) is 5.91 Å². The summed E-state index contributed by atoms with van der Waals surface area (Å²) >= 11 is 0. The third-order valence-corrected chi connectivity index (χ3v) is 3.72. The molecule has 0 unspecified atom stereocenters. The van der Waals surface area contributed by atoms with Gasteiger partial charge in [0.15, 0.2) is 0 Å². The standard InChI is InChI=1S/C18H24N4O3/c1-18(2,25)9-8-13-4-6-14(7-5-13)17(24)21-15-10-20-22(11-15)12-16(23)19-3/h4-7,10-11,25H,8-9,12H2,1-3H3,(H,19,23)(H,21,24). The molecule has 1 aromatic carbocycles. The first-order valence-corrected chi connectivity index (χ1v) is 8.12. The maximum absolute atomic E-state index is 12.3. The summed E-state index contributed by atoms with van der Waals surface area (Å²) in [5, 5.41) is 19.1. The highest BCUT2D eigenvalue weighted by Gasteiger charge is 2.13. The number of nitrogens with one attached hydrogen (secondary N) is 2. The zero-order valence-electron chi connectivity index (χ0n) is 14.7. The van der Waals surface area contributed by atoms with Gasteiger partial charge in [-0.05, 0) is 44.4 Å². The molecule has 2 amide bonds. The van der Waals surface area contributed by atoms with Gasteiger partial charge in [0.1, 0.15) is 6.54 Å². The van der Waals surface area contributed by atoms with Crippen molar-refractivity contribution in [3.63, 3.8) is 0 Å². The molecule has 0 spiro atoms. The summed E-state index contributed by atoms with van der Waals surface area (Å²) in [6.07, 6.45) is 4.50. The van der Waals surface area contributed by atoms with E-state index in [1.165, 1.54) is 10.9 Å². The van der Waals surface area contributed by atoms with Crippen LogP contribution in [0.1, 0.15) is 36.2 Å². The SMILES string of the molecule is CNC(=O)Cn1cc(NC(=O)c2ccc(CCC(C)(C)O)cc2)cn1. The van der Waals surface area contributed by atoms with Crippen molar-refractivity contribution in [2.75, 3.05) is 12.4 Å². The van der Waals surface area contributed by atoms with Crippen molar-refractivity contribution in [2.45, 2.75) is 38.8 Å². The van der Waals surface area contributed by atoms with E-state index in [0.29, 0.717) is 17.7 Å². The van der Waals surface area contributed by atoms with Gasteiger partial charge in [0.2, 0.25) is 5.91 Å². The van der Waals surface area contributed by atoms with Gasteiger partial charge in [-0.2, -0.15) is 5.10 Å². The molecule has 0 saturated carbocycles. The van der Waals surface area contributed by atoms with E-state index < -0.39 is 5.60 Å². The maximum atomic E-state index is 12.3. The van der Waals surface area contributed by atoms with E-state index in [2.05, 4.69) is 15.7 Å². The van der Waals surface area contributed by atoms with Crippen LogP contribution in [0.5, 0.6) is 0 Å². The Labute approximate surface area is 147 Å². The molecular formula is C18H24N4O3. The Balaban J connectivity index is 1.93. The Bertz CT molecular complexity index is 730. The Hall–Kier alpha value is -2.67. The number of rotatable bonds is 7. The molecule has 25 heavy (non-hydrogen) atoms. The first-order valence-electron chi connectivity index (χ1n) is 8.12. The van der Waals surface area contributed by atoms with Crippen LogP contribution >= 0.6 is 0 Å². The van der Waals surface area contributed by atoms with Crippen LogP contribution in [0.25, 0.3) is 0 Å². The second-order valence-electron chi connectivity index (χ2n) is 6.56. The number of likely N-dealkylation sites (N-methyl/N-ethyl adjacent to an activating group) is 1. The molecule has 0 aliphatic rings. The minimum atomic E-state index is -0.703. The molecule has 134 valence electrons. The van der Waals surface area contributed by atoms with Crippen molar-refractivity contribution < 1.29 is 14.7 Å². The normalized spacial score (nSPS) is 11.2. The number of aliphatic hydroxyl groups is 1. The van der Waals surface area contributed by atoms with Gasteiger partial charge in [-0.1, -0.05) is 12.1 Å². The summed E-state index contributed by atoms with van der Waals surface area (Å²) in [7, 11) is 1.56. The lowest BCUT2D eigenvalue weighted by molar-refractivity contribution is -0.121. The average Bonchev–Trinajstić information content (AvgIpc) is 2.99. The Morgan fingerprint density at radius 3 is 2.52 bits per heavy atom. The molecule has 0 fully saturated rings. The third-order valence-electron chi connectivity index (χ3n) is 3.72. The molecule has 0 aliphatic heterocycles. The van der Waals surface area contributed by atoms with Crippen molar-refractivity contribution in [2.24, 2.45) is 0 Å². The van der Waals surface area contributed by atoms with Crippen molar-refractivity contribution in [1.29, 1.82) is 0 Å². The van der Waals surface area contributed by atoms with Crippen LogP contribution in [0, 0.1) is 0 Å². The molecule has 0 aliphatic carbocycles. The molecule has 2 rings (SSSR count). The Kier molecular flexibility index (Phi) is 5.93. The quantitative estimate of drug-likeness (QED) is 0.710. The minimum absolute atomic E-state index is 0.0995. The fraction of sp³-hybridized carbons (Fsp3) is 0.389. The van der Waals surface area contributed by atoms with Gasteiger partial charge in [-0.25, -0.2) is 0 Å². The predicted molar refractivity (Wildman–Crippen MR) is 95.3 cm³/mol. The van der Waals surface area contributed by atoms with Crippen molar-refractivity contribution in [3.8, 4) is 0 Å². The smallest absolute Gasteiger partial charge is 0.255 e. The lowest BCUT2D eigenvalue weighted by Crippen LogP contribution is -2.23.